The SMILES string of the molecule is CCC(CC)CNC(C)c1ccc(C(=O)OC)o1. The fourth-order valence-electron chi connectivity index (χ4n) is 1.82. The maximum absolute atomic E-state index is 11.3. The molecule has 1 N–H and O–H groups in total. The first-order chi connectivity index (χ1) is 8.62. The van der Waals surface area contributed by atoms with E-state index in [4.69, 9.17) is 4.42 Å². The van der Waals surface area contributed by atoms with Crippen LogP contribution in [0.3, 0.4) is 0 Å². The van der Waals surface area contributed by atoms with E-state index < -0.39 is 5.97 Å². The van der Waals surface area contributed by atoms with E-state index in [1.54, 1.807) is 6.07 Å². The van der Waals surface area contributed by atoms with E-state index in [2.05, 4.69) is 23.9 Å². The van der Waals surface area contributed by atoms with Gasteiger partial charge in [-0.25, -0.2) is 4.79 Å². The highest BCUT2D eigenvalue weighted by molar-refractivity contribution is 5.86. The fourth-order valence-corrected chi connectivity index (χ4v) is 1.82. The van der Waals surface area contributed by atoms with E-state index in [0.717, 1.165) is 12.3 Å². The maximum Gasteiger partial charge on any atom is 0.373 e. The van der Waals surface area contributed by atoms with E-state index in [-0.39, 0.29) is 11.8 Å². The summed E-state index contributed by atoms with van der Waals surface area (Å²) in [6.45, 7) is 7.39. The van der Waals surface area contributed by atoms with Crippen molar-refractivity contribution < 1.29 is 13.9 Å². The van der Waals surface area contributed by atoms with Crippen LogP contribution in [-0.2, 0) is 4.74 Å². The minimum Gasteiger partial charge on any atom is -0.463 e. The first-order valence-electron chi connectivity index (χ1n) is 6.53. The van der Waals surface area contributed by atoms with Gasteiger partial charge in [0.15, 0.2) is 0 Å². The van der Waals surface area contributed by atoms with Gasteiger partial charge >= 0.3 is 5.97 Å². The Morgan fingerprint density at radius 3 is 2.61 bits per heavy atom. The number of hydrogen-bond acceptors (Lipinski definition) is 4. The van der Waals surface area contributed by atoms with Crippen molar-refractivity contribution in [3.8, 4) is 0 Å². The Kier molecular flexibility index (Phi) is 5.92. The summed E-state index contributed by atoms with van der Waals surface area (Å²) in [5.74, 6) is 1.26. The number of carbonyl (C=O) groups is 1. The minimum atomic E-state index is -0.437. The molecule has 1 aromatic heterocycles. The van der Waals surface area contributed by atoms with Crippen molar-refractivity contribution in [2.75, 3.05) is 13.7 Å². The zero-order valence-electron chi connectivity index (χ0n) is 11.7. The van der Waals surface area contributed by atoms with Crippen molar-refractivity contribution in [3.63, 3.8) is 0 Å². The molecule has 1 aromatic rings. The van der Waals surface area contributed by atoms with Crippen LogP contribution in [0.1, 0.15) is 56.0 Å². The summed E-state index contributed by atoms with van der Waals surface area (Å²) < 4.78 is 10.1. The van der Waals surface area contributed by atoms with Crippen molar-refractivity contribution in [1.29, 1.82) is 0 Å². The summed E-state index contributed by atoms with van der Waals surface area (Å²) >= 11 is 0. The largest absolute Gasteiger partial charge is 0.463 e. The van der Waals surface area contributed by atoms with Crippen LogP contribution in [0.2, 0.25) is 0 Å². The van der Waals surface area contributed by atoms with Gasteiger partial charge in [-0.3, -0.25) is 0 Å². The zero-order valence-corrected chi connectivity index (χ0v) is 11.7. The Labute approximate surface area is 109 Å². The molecule has 1 atom stereocenters. The number of esters is 1. The summed E-state index contributed by atoms with van der Waals surface area (Å²) in [6.07, 6.45) is 2.34. The van der Waals surface area contributed by atoms with Crippen molar-refractivity contribution in [1.82, 2.24) is 5.32 Å². The fraction of sp³-hybridized carbons (Fsp3) is 0.643. The Hall–Kier alpha value is -1.29. The molecular formula is C14H23NO3. The quantitative estimate of drug-likeness (QED) is 0.758. The second kappa shape index (κ2) is 7.21. The molecule has 0 aliphatic rings. The average Bonchev–Trinajstić information content (AvgIpc) is 2.88. The highest BCUT2D eigenvalue weighted by Crippen LogP contribution is 2.17. The lowest BCUT2D eigenvalue weighted by Crippen LogP contribution is -2.25. The van der Waals surface area contributed by atoms with Gasteiger partial charge in [0.25, 0.3) is 0 Å². The smallest absolute Gasteiger partial charge is 0.373 e. The monoisotopic (exact) mass is 253 g/mol. The normalized spacial score (nSPS) is 12.7. The van der Waals surface area contributed by atoms with Crippen molar-refractivity contribution in [2.24, 2.45) is 5.92 Å². The number of furan rings is 1. The molecule has 1 rings (SSSR count). The number of ether oxygens (including phenoxy) is 1. The Morgan fingerprint density at radius 2 is 2.06 bits per heavy atom. The number of rotatable bonds is 7. The van der Waals surface area contributed by atoms with Crippen LogP contribution in [0.25, 0.3) is 0 Å². The molecule has 18 heavy (non-hydrogen) atoms. The lowest BCUT2D eigenvalue weighted by atomic mass is 10.0. The molecule has 1 unspecified atom stereocenters. The van der Waals surface area contributed by atoms with Gasteiger partial charge in [0, 0.05) is 0 Å². The van der Waals surface area contributed by atoms with Crippen LogP contribution < -0.4 is 5.32 Å². The van der Waals surface area contributed by atoms with E-state index in [1.807, 2.05) is 13.0 Å². The van der Waals surface area contributed by atoms with Gasteiger partial charge in [0.1, 0.15) is 5.76 Å². The molecule has 0 amide bonds. The van der Waals surface area contributed by atoms with Gasteiger partial charge in [-0.05, 0) is 31.5 Å². The number of carbonyl (C=O) groups excluding carboxylic acids is 1. The van der Waals surface area contributed by atoms with Crippen LogP contribution in [-0.4, -0.2) is 19.6 Å². The topological polar surface area (TPSA) is 51.5 Å². The summed E-state index contributed by atoms with van der Waals surface area (Å²) in [5.41, 5.74) is 0. The summed E-state index contributed by atoms with van der Waals surface area (Å²) in [7, 11) is 1.35. The highest BCUT2D eigenvalue weighted by atomic mass is 16.5. The second-order valence-corrected chi connectivity index (χ2v) is 4.51. The molecule has 102 valence electrons. The number of nitrogens with one attached hydrogen (secondary N) is 1. The first-order valence-corrected chi connectivity index (χ1v) is 6.53. The number of methoxy groups -OCH3 is 1. The lowest BCUT2D eigenvalue weighted by Gasteiger charge is -2.17. The average molecular weight is 253 g/mol. The third kappa shape index (κ3) is 3.88. The number of hydrogen-bond donors (Lipinski definition) is 1. The standard InChI is InChI=1S/C14H23NO3/c1-5-11(6-2)9-15-10(3)12-7-8-13(18-12)14(16)17-4/h7-8,10-11,15H,5-6,9H2,1-4H3. The van der Waals surface area contributed by atoms with E-state index in [1.165, 1.54) is 20.0 Å². The summed E-state index contributed by atoms with van der Waals surface area (Å²) in [5, 5.41) is 3.43. The third-order valence-electron chi connectivity index (χ3n) is 3.31. The molecule has 1 heterocycles. The Bertz CT molecular complexity index is 369. The summed E-state index contributed by atoms with van der Waals surface area (Å²) in [6, 6.07) is 3.57. The molecule has 0 fully saturated rings. The molecule has 0 aliphatic heterocycles. The van der Waals surface area contributed by atoms with E-state index >= 15 is 0 Å². The second-order valence-electron chi connectivity index (χ2n) is 4.51. The predicted octanol–water partition coefficient (Wildman–Crippen LogP) is 3.15. The van der Waals surface area contributed by atoms with Crippen LogP contribution in [0.4, 0.5) is 0 Å². The van der Waals surface area contributed by atoms with Gasteiger partial charge < -0.3 is 14.5 Å². The summed E-state index contributed by atoms with van der Waals surface area (Å²) in [4.78, 5) is 11.3. The van der Waals surface area contributed by atoms with Gasteiger partial charge in [0.2, 0.25) is 5.76 Å². The Morgan fingerprint density at radius 1 is 1.39 bits per heavy atom. The van der Waals surface area contributed by atoms with Crippen molar-refractivity contribution >= 4 is 5.97 Å². The van der Waals surface area contributed by atoms with Crippen LogP contribution >= 0.6 is 0 Å². The lowest BCUT2D eigenvalue weighted by molar-refractivity contribution is 0.0562. The van der Waals surface area contributed by atoms with Crippen LogP contribution in [0.5, 0.6) is 0 Å². The molecular weight excluding hydrogens is 230 g/mol. The van der Waals surface area contributed by atoms with E-state index in [0.29, 0.717) is 5.92 Å². The predicted molar refractivity (Wildman–Crippen MR) is 70.5 cm³/mol. The molecule has 0 bridgehead atoms. The zero-order chi connectivity index (χ0) is 13.5. The van der Waals surface area contributed by atoms with Gasteiger partial charge in [-0.15, -0.1) is 0 Å². The van der Waals surface area contributed by atoms with Gasteiger partial charge in [0.05, 0.1) is 13.2 Å². The van der Waals surface area contributed by atoms with Gasteiger partial charge in [-0.2, -0.15) is 0 Å². The highest BCUT2D eigenvalue weighted by Gasteiger charge is 2.15. The molecule has 0 saturated carbocycles. The molecule has 0 aliphatic carbocycles. The third-order valence-corrected chi connectivity index (χ3v) is 3.31. The molecule has 4 heteroatoms. The van der Waals surface area contributed by atoms with Crippen LogP contribution in [0, 0.1) is 5.92 Å². The minimum absolute atomic E-state index is 0.101. The van der Waals surface area contributed by atoms with Crippen molar-refractivity contribution in [3.05, 3.63) is 23.7 Å². The molecule has 0 aromatic carbocycles. The van der Waals surface area contributed by atoms with Crippen LogP contribution in [0.15, 0.2) is 16.5 Å². The van der Waals surface area contributed by atoms with Crippen molar-refractivity contribution in [2.45, 2.75) is 39.7 Å². The molecule has 4 nitrogen and oxygen atoms in total. The molecule has 0 saturated heterocycles. The van der Waals surface area contributed by atoms with E-state index in [9.17, 15) is 4.79 Å². The first kappa shape index (κ1) is 14.8. The maximum atomic E-state index is 11.3. The molecule has 0 radical (unpaired) electrons. The Balaban J connectivity index is 2.53. The van der Waals surface area contributed by atoms with Gasteiger partial charge in [-0.1, -0.05) is 26.7 Å². The molecule has 0 spiro atoms.